The van der Waals surface area contributed by atoms with Crippen molar-refractivity contribution in [2.24, 2.45) is 0 Å². The van der Waals surface area contributed by atoms with Crippen molar-refractivity contribution in [1.29, 1.82) is 0 Å². The van der Waals surface area contributed by atoms with Gasteiger partial charge in [0, 0.05) is 18.9 Å². The number of ether oxygens (including phenoxy) is 1. The number of hydrogen-bond acceptors (Lipinski definition) is 3. The summed E-state index contributed by atoms with van der Waals surface area (Å²) in [6.45, 7) is 6.28. The van der Waals surface area contributed by atoms with Gasteiger partial charge in [0.2, 0.25) is 0 Å². The van der Waals surface area contributed by atoms with Crippen molar-refractivity contribution in [3.8, 4) is 5.75 Å². The fourth-order valence-electron chi connectivity index (χ4n) is 2.47. The third-order valence-electron chi connectivity index (χ3n) is 3.64. The van der Waals surface area contributed by atoms with Crippen LogP contribution in [0.5, 0.6) is 5.75 Å². The molecule has 1 aromatic heterocycles. The predicted octanol–water partition coefficient (Wildman–Crippen LogP) is 3.20. The van der Waals surface area contributed by atoms with E-state index in [1.54, 1.807) is 7.11 Å². The summed E-state index contributed by atoms with van der Waals surface area (Å²) in [5.74, 6) is 2.01. The zero-order valence-electron chi connectivity index (χ0n) is 13.2. The molecule has 0 aliphatic rings. The molecule has 1 unspecified atom stereocenters. The van der Waals surface area contributed by atoms with E-state index in [2.05, 4.69) is 40.8 Å². The average Bonchev–Trinajstić information content (AvgIpc) is 3.00. The van der Waals surface area contributed by atoms with E-state index in [0.29, 0.717) is 0 Å². The molecular formula is C17H25N3O. The van der Waals surface area contributed by atoms with E-state index in [0.717, 1.165) is 37.5 Å². The Morgan fingerprint density at radius 2 is 2.00 bits per heavy atom. The minimum atomic E-state index is 0.244. The highest BCUT2D eigenvalue weighted by atomic mass is 16.5. The highest BCUT2D eigenvalue weighted by molar-refractivity contribution is 5.28. The first kappa shape index (κ1) is 15.6. The lowest BCUT2D eigenvalue weighted by Crippen LogP contribution is -2.27. The van der Waals surface area contributed by atoms with Crippen LogP contribution in [-0.2, 0) is 13.0 Å². The maximum atomic E-state index is 5.22. The monoisotopic (exact) mass is 287 g/mol. The SMILES string of the molecule is CCCNC(Cc1ccc(OC)cc1)c1nccn1CC. The van der Waals surface area contributed by atoms with Gasteiger partial charge in [0.05, 0.1) is 13.2 Å². The number of aromatic nitrogens is 2. The third-order valence-corrected chi connectivity index (χ3v) is 3.64. The van der Waals surface area contributed by atoms with Gasteiger partial charge < -0.3 is 14.6 Å². The maximum absolute atomic E-state index is 5.22. The molecule has 0 spiro atoms. The number of hydrogen-bond donors (Lipinski definition) is 1. The van der Waals surface area contributed by atoms with Crippen molar-refractivity contribution in [3.63, 3.8) is 0 Å². The summed E-state index contributed by atoms with van der Waals surface area (Å²) in [5.41, 5.74) is 1.29. The van der Waals surface area contributed by atoms with Gasteiger partial charge >= 0.3 is 0 Å². The Balaban J connectivity index is 2.15. The Morgan fingerprint density at radius 3 is 2.62 bits per heavy atom. The molecule has 4 nitrogen and oxygen atoms in total. The van der Waals surface area contributed by atoms with E-state index in [1.165, 1.54) is 5.56 Å². The second-order valence-corrected chi connectivity index (χ2v) is 5.13. The van der Waals surface area contributed by atoms with Crippen LogP contribution in [0, 0.1) is 0 Å². The number of aryl methyl sites for hydroxylation is 1. The second kappa shape index (κ2) is 7.84. The van der Waals surface area contributed by atoms with Crippen molar-refractivity contribution in [3.05, 3.63) is 48.0 Å². The van der Waals surface area contributed by atoms with E-state index in [1.807, 2.05) is 24.5 Å². The minimum absolute atomic E-state index is 0.244. The molecule has 2 rings (SSSR count). The van der Waals surface area contributed by atoms with Crippen LogP contribution in [0.15, 0.2) is 36.7 Å². The summed E-state index contributed by atoms with van der Waals surface area (Å²) >= 11 is 0. The van der Waals surface area contributed by atoms with Crippen LogP contribution in [-0.4, -0.2) is 23.2 Å². The van der Waals surface area contributed by atoms with E-state index < -0.39 is 0 Å². The first-order valence-electron chi connectivity index (χ1n) is 7.65. The molecule has 1 aromatic carbocycles. The quantitative estimate of drug-likeness (QED) is 0.810. The summed E-state index contributed by atoms with van der Waals surface area (Å²) in [7, 11) is 1.69. The second-order valence-electron chi connectivity index (χ2n) is 5.13. The molecule has 0 bridgehead atoms. The normalized spacial score (nSPS) is 12.3. The summed E-state index contributed by atoms with van der Waals surface area (Å²) in [6.07, 6.45) is 5.98. The average molecular weight is 287 g/mol. The maximum Gasteiger partial charge on any atom is 0.126 e. The smallest absolute Gasteiger partial charge is 0.126 e. The molecule has 0 radical (unpaired) electrons. The first-order valence-corrected chi connectivity index (χ1v) is 7.65. The van der Waals surface area contributed by atoms with Crippen molar-refractivity contribution in [2.75, 3.05) is 13.7 Å². The van der Waals surface area contributed by atoms with Crippen LogP contribution in [0.2, 0.25) is 0 Å². The van der Waals surface area contributed by atoms with Crippen molar-refractivity contribution in [2.45, 2.75) is 39.3 Å². The van der Waals surface area contributed by atoms with Crippen LogP contribution < -0.4 is 10.1 Å². The fraction of sp³-hybridized carbons (Fsp3) is 0.471. The fourth-order valence-corrected chi connectivity index (χ4v) is 2.47. The number of rotatable bonds is 8. The molecule has 1 atom stereocenters. The highest BCUT2D eigenvalue weighted by Crippen LogP contribution is 2.19. The standard InChI is InChI=1S/C17H25N3O/c1-4-10-18-16(17-19-11-12-20(17)5-2)13-14-6-8-15(21-3)9-7-14/h6-9,11-12,16,18H,4-5,10,13H2,1-3H3. The molecule has 0 aliphatic heterocycles. The first-order chi connectivity index (χ1) is 10.3. The van der Waals surface area contributed by atoms with Crippen LogP contribution in [0.4, 0.5) is 0 Å². The zero-order valence-corrected chi connectivity index (χ0v) is 13.2. The Morgan fingerprint density at radius 1 is 1.24 bits per heavy atom. The number of nitrogens with one attached hydrogen (secondary N) is 1. The number of methoxy groups -OCH3 is 1. The van der Waals surface area contributed by atoms with Gasteiger partial charge in [0.15, 0.2) is 0 Å². The minimum Gasteiger partial charge on any atom is -0.497 e. The zero-order chi connectivity index (χ0) is 15.1. The molecule has 0 saturated heterocycles. The Labute approximate surface area is 127 Å². The van der Waals surface area contributed by atoms with Crippen LogP contribution in [0.1, 0.15) is 37.7 Å². The lowest BCUT2D eigenvalue weighted by Gasteiger charge is -2.19. The van der Waals surface area contributed by atoms with Gasteiger partial charge in [-0.2, -0.15) is 0 Å². The largest absolute Gasteiger partial charge is 0.497 e. The molecule has 0 fully saturated rings. The van der Waals surface area contributed by atoms with Crippen molar-refractivity contribution >= 4 is 0 Å². The molecular weight excluding hydrogens is 262 g/mol. The van der Waals surface area contributed by atoms with Crippen LogP contribution in [0.25, 0.3) is 0 Å². The molecule has 0 aliphatic carbocycles. The van der Waals surface area contributed by atoms with Crippen molar-refractivity contribution < 1.29 is 4.74 Å². The predicted molar refractivity (Wildman–Crippen MR) is 85.6 cm³/mol. The number of nitrogens with zero attached hydrogens (tertiary/aromatic N) is 2. The lowest BCUT2D eigenvalue weighted by molar-refractivity contribution is 0.414. The lowest BCUT2D eigenvalue weighted by atomic mass is 10.0. The molecule has 2 aromatic rings. The van der Waals surface area contributed by atoms with Crippen molar-refractivity contribution in [1.82, 2.24) is 14.9 Å². The van der Waals surface area contributed by atoms with Gasteiger partial charge in [-0.05, 0) is 44.0 Å². The topological polar surface area (TPSA) is 39.1 Å². The molecule has 0 saturated carbocycles. The summed E-state index contributed by atoms with van der Waals surface area (Å²) < 4.78 is 7.42. The van der Waals surface area contributed by atoms with Crippen LogP contribution in [0.3, 0.4) is 0 Å². The summed E-state index contributed by atoms with van der Waals surface area (Å²) in [5, 5.41) is 3.61. The molecule has 21 heavy (non-hydrogen) atoms. The number of imidazole rings is 1. The van der Waals surface area contributed by atoms with E-state index in [-0.39, 0.29) is 6.04 Å². The molecule has 4 heteroatoms. The molecule has 1 heterocycles. The number of benzene rings is 1. The van der Waals surface area contributed by atoms with E-state index >= 15 is 0 Å². The van der Waals surface area contributed by atoms with Crippen LogP contribution >= 0.6 is 0 Å². The van der Waals surface area contributed by atoms with Gasteiger partial charge in [0.25, 0.3) is 0 Å². The van der Waals surface area contributed by atoms with Gasteiger partial charge in [-0.3, -0.25) is 0 Å². The summed E-state index contributed by atoms with van der Waals surface area (Å²) in [4.78, 5) is 4.55. The Bertz CT molecular complexity index is 533. The Kier molecular flexibility index (Phi) is 5.81. The highest BCUT2D eigenvalue weighted by Gasteiger charge is 2.16. The van der Waals surface area contributed by atoms with Gasteiger partial charge in [-0.15, -0.1) is 0 Å². The van der Waals surface area contributed by atoms with E-state index in [4.69, 9.17) is 4.74 Å². The van der Waals surface area contributed by atoms with Gasteiger partial charge in [-0.1, -0.05) is 19.1 Å². The molecule has 1 N–H and O–H groups in total. The van der Waals surface area contributed by atoms with Gasteiger partial charge in [0.1, 0.15) is 11.6 Å². The van der Waals surface area contributed by atoms with E-state index in [9.17, 15) is 0 Å². The summed E-state index contributed by atoms with van der Waals surface area (Å²) in [6, 6.07) is 8.52. The van der Waals surface area contributed by atoms with Gasteiger partial charge in [-0.25, -0.2) is 4.98 Å². The Hall–Kier alpha value is -1.81. The molecule has 114 valence electrons. The molecule has 0 amide bonds. The third kappa shape index (κ3) is 4.08.